The molecule has 2 N–H and O–H groups in total. The van der Waals surface area contributed by atoms with Crippen molar-refractivity contribution in [2.75, 3.05) is 0 Å². The van der Waals surface area contributed by atoms with Crippen LogP contribution in [-0.2, 0) is 21.0 Å². The number of rotatable bonds is 4. The fraction of sp³-hybridized carbons (Fsp3) is 0.0667. The molecule has 0 spiro atoms. The number of phenolic OH excluding ortho intramolecular Hbond substituents is 1. The van der Waals surface area contributed by atoms with Crippen molar-refractivity contribution in [2.24, 2.45) is 0 Å². The van der Waals surface area contributed by atoms with Crippen molar-refractivity contribution in [3.05, 3.63) is 59.2 Å². The van der Waals surface area contributed by atoms with E-state index in [9.17, 15) is 23.1 Å². The zero-order valence-electron chi connectivity index (χ0n) is 12.0. The number of aliphatic hydroxyl groups excluding tert-OH is 1. The summed E-state index contributed by atoms with van der Waals surface area (Å²) in [7, 11) is -4.44. The van der Waals surface area contributed by atoms with Gasteiger partial charge in [0.05, 0.1) is 22.6 Å². The van der Waals surface area contributed by atoms with Crippen molar-refractivity contribution < 1.29 is 32.5 Å². The van der Waals surface area contributed by atoms with Gasteiger partial charge in [-0.15, -0.1) is 9.35 Å². The van der Waals surface area contributed by atoms with Gasteiger partial charge >= 0.3 is 10.1 Å². The second-order valence-electron chi connectivity index (χ2n) is 4.97. The number of hydrogen-bond acceptors (Lipinski definition) is 7. The number of phenols is 1. The first-order valence-electron chi connectivity index (χ1n) is 6.69. The number of carbonyl (C=O) groups is 2. The largest absolute Gasteiger partial charge is 0.508 e. The van der Waals surface area contributed by atoms with Gasteiger partial charge in [-0.3, -0.25) is 9.59 Å². The van der Waals surface area contributed by atoms with Crippen LogP contribution >= 0.6 is 0 Å². The number of benzene rings is 2. The molecule has 1 aliphatic rings. The Kier molecular flexibility index (Phi) is 3.84. The Labute approximate surface area is 136 Å². The highest BCUT2D eigenvalue weighted by molar-refractivity contribution is 7.86. The Morgan fingerprint density at radius 3 is 2.21 bits per heavy atom. The number of nitrogens with zero attached hydrogens (tertiary/aromatic N) is 1. The molecule has 1 heterocycles. The van der Waals surface area contributed by atoms with E-state index in [2.05, 4.69) is 4.28 Å². The van der Waals surface area contributed by atoms with Crippen LogP contribution in [0, 0.1) is 0 Å². The maximum atomic E-state index is 12.2. The molecular formula is C15H11NO7S. The third-order valence-corrected chi connectivity index (χ3v) is 4.59. The Balaban J connectivity index is 1.92. The molecular weight excluding hydrogens is 338 g/mol. The first-order valence-corrected chi connectivity index (χ1v) is 8.10. The van der Waals surface area contributed by atoms with Crippen molar-refractivity contribution in [3.8, 4) is 5.75 Å². The molecule has 2 aromatic carbocycles. The fourth-order valence-electron chi connectivity index (χ4n) is 2.19. The van der Waals surface area contributed by atoms with E-state index in [1.54, 1.807) is 0 Å². The monoisotopic (exact) mass is 349 g/mol. The molecule has 0 aliphatic carbocycles. The maximum Gasteiger partial charge on any atom is 0.318 e. The van der Waals surface area contributed by atoms with Crippen molar-refractivity contribution in [2.45, 2.75) is 11.5 Å². The number of fused-ring (bicyclic) bond motifs is 1. The molecule has 124 valence electrons. The van der Waals surface area contributed by atoms with Crippen LogP contribution in [0.15, 0.2) is 47.4 Å². The molecule has 0 atom stereocenters. The zero-order valence-corrected chi connectivity index (χ0v) is 12.9. The summed E-state index contributed by atoms with van der Waals surface area (Å²) in [5.41, 5.74) is 0.337. The van der Waals surface area contributed by atoms with Crippen LogP contribution in [0.4, 0.5) is 0 Å². The molecule has 0 radical (unpaired) electrons. The molecule has 0 unspecified atom stereocenters. The van der Waals surface area contributed by atoms with Gasteiger partial charge in [0, 0.05) is 0 Å². The summed E-state index contributed by atoms with van der Waals surface area (Å²) in [6.07, 6.45) is 0. The lowest BCUT2D eigenvalue weighted by Crippen LogP contribution is -2.32. The van der Waals surface area contributed by atoms with Crippen LogP contribution in [0.25, 0.3) is 0 Å². The predicted octanol–water partition coefficient (Wildman–Crippen LogP) is 0.801. The average Bonchev–Trinajstić information content (AvgIpc) is 2.79. The Morgan fingerprint density at radius 1 is 0.958 bits per heavy atom. The van der Waals surface area contributed by atoms with Gasteiger partial charge in [-0.2, -0.15) is 8.42 Å². The third-order valence-electron chi connectivity index (χ3n) is 3.39. The van der Waals surface area contributed by atoms with E-state index in [0.29, 0.717) is 5.56 Å². The summed E-state index contributed by atoms with van der Waals surface area (Å²) in [6.45, 7) is -0.332. The van der Waals surface area contributed by atoms with Crippen molar-refractivity contribution in [1.29, 1.82) is 0 Å². The van der Waals surface area contributed by atoms with E-state index in [0.717, 1.165) is 24.3 Å². The van der Waals surface area contributed by atoms with Crippen LogP contribution in [0.5, 0.6) is 5.75 Å². The van der Waals surface area contributed by atoms with Crippen LogP contribution < -0.4 is 0 Å². The van der Waals surface area contributed by atoms with Gasteiger partial charge in [0.25, 0.3) is 11.8 Å². The number of hydroxylamine groups is 2. The molecule has 1 aliphatic heterocycles. The van der Waals surface area contributed by atoms with Crippen molar-refractivity contribution >= 4 is 21.9 Å². The molecule has 0 aromatic heterocycles. The number of imide groups is 1. The minimum atomic E-state index is -4.44. The molecule has 0 saturated carbocycles. The standard InChI is InChI=1S/C15H11NO7S/c17-8-9-1-6-12-13(7-9)15(20)16(14(12)19)23-24(21,22)11-4-2-10(18)3-5-11/h1-7,17-18H,8H2. The molecule has 3 rings (SSSR count). The number of aromatic hydroxyl groups is 1. The number of amides is 2. The van der Waals surface area contributed by atoms with E-state index in [-0.39, 0.29) is 33.4 Å². The lowest BCUT2D eigenvalue weighted by molar-refractivity contribution is -0.0103. The summed E-state index contributed by atoms with van der Waals surface area (Å²) in [5.74, 6) is -2.00. The minimum Gasteiger partial charge on any atom is -0.508 e. The first kappa shape index (κ1) is 16.1. The van der Waals surface area contributed by atoms with Gasteiger partial charge in [0.15, 0.2) is 0 Å². The highest BCUT2D eigenvalue weighted by Crippen LogP contribution is 2.27. The average molecular weight is 349 g/mol. The Hall–Kier alpha value is -2.75. The lowest BCUT2D eigenvalue weighted by Gasteiger charge is -2.12. The normalized spacial score (nSPS) is 14.1. The van der Waals surface area contributed by atoms with Gasteiger partial charge in [-0.1, -0.05) is 6.07 Å². The van der Waals surface area contributed by atoms with Gasteiger partial charge in [0.2, 0.25) is 0 Å². The van der Waals surface area contributed by atoms with Crippen LogP contribution in [0.3, 0.4) is 0 Å². The fourth-order valence-corrected chi connectivity index (χ4v) is 3.07. The highest BCUT2D eigenvalue weighted by Gasteiger charge is 2.40. The maximum absolute atomic E-state index is 12.2. The van der Waals surface area contributed by atoms with Crippen LogP contribution in [0.1, 0.15) is 26.3 Å². The molecule has 0 saturated heterocycles. The molecule has 24 heavy (non-hydrogen) atoms. The predicted molar refractivity (Wildman–Crippen MR) is 79.2 cm³/mol. The van der Waals surface area contributed by atoms with Gasteiger partial charge in [0.1, 0.15) is 5.75 Å². The summed E-state index contributed by atoms with van der Waals surface area (Å²) < 4.78 is 29.0. The molecule has 0 bridgehead atoms. The zero-order chi connectivity index (χ0) is 17.5. The van der Waals surface area contributed by atoms with E-state index >= 15 is 0 Å². The summed E-state index contributed by atoms with van der Waals surface area (Å²) >= 11 is 0. The first-order chi connectivity index (χ1) is 11.3. The number of carbonyl (C=O) groups excluding carboxylic acids is 2. The Bertz CT molecular complexity index is 935. The topological polar surface area (TPSA) is 121 Å². The van der Waals surface area contributed by atoms with Crippen molar-refractivity contribution in [1.82, 2.24) is 5.06 Å². The second kappa shape index (κ2) is 5.71. The van der Waals surface area contributed by atoms with E-state index in [4.69, 9.17) is 5.11 Å². The van der Waals surface area contributed by atoms with Crippen LogP contribution in [0.2, 0.25) is 0 Å². The third kappa shape index (κ3) is 2.64. The van der Waals surface area contributed by atoms with Crippen LogP contribution in [-0.4, -0.2) is 35.5 Å². The quantitative estimate of drug-likeness (QED) is 0.783. The van der Waals surface area contributed by atoms with Crippen molar-refractivity contribution in [3.63, 3.8) is 0 Å². The summed E-state index contributed by atoms with van der Waals surface area (Å²) in [5, 5.41) is 18.4. The van der Waals surface area contributed by atoms with E-state index in [1.807, 2.05) is 0 Å². The van der Waals surface area contributed by atoms with E-state index < -0.39 is 21.9 Å². The summed E-state index contributed by atoms with van der Waals surface area (Å²) in [4.78, 5) is 24.1. The lowest BCUT2D eigenvalue weighted by atomic mass is 10.1. The molecule has 2 aromatic rings. The van der Waals surface area contributed by atoms with Gasteiger partial charge < -0.3 is 10.2 Å². The molecule has 0 fully saturated rings. The smallest absolute Gasteiger partial charge is 0.318 e. The van der Waals surface area contributed by atoms with E-state index in [1.165, 1.54) is 18.2 Å². The summed E-state index contributed by atoms with van der Waals surface area (Å²) in [6, 6.07) is 8.48. The number of hydrogen-bond donors (Lipinski definition) is 2. The molecule has 2 amide bonds. The number of aliphatic hydroxyl groups is 1. The van der Waals surface area contributed by atoms with Gasteiger partial charge in [-0.25, -0.2) is 0 Å². The minimum absolute atomic E-state index is 0.0156. The molecule has 8 nitrogen and oxygen atoms in total. The Morgan fingerprint density at radius 2 is 1.58 bits per heavy atom. The SMILES string of the molecule is O=C1c2ccc(CO)cc2C(=O)N1OS(=O)(=O)c1ccc(O)cc1. The van der Waals surface area contributed by atoms with Gasteiger partial charge in [-0.05, 0) is 42.0 Å². The second-order valence-corrected chi connectivity index (χ2v) is 6.49. The molecule has 9 heteroatoms. The highest BCUT2D eigenvalue weighted by atomic mass is 32.2.